The number of aromatic nitrogens is 2. The summed E-state index contributed by atoms with van der Waals surface area (Å²) in [6.45, 7) is 3.50. The molecule has 142 valence electrons. The van der Waals surface area contributed by atoms with Crippen LogP contribution in [0.25, 0.3) is 0 Å². The number of hydrogen-bond donors (Lipinski definition) is 1. The van der Waals surface area contributed by atoms with Crippen molar-refractivity contribution >= 4 is 11.8 Å². The molecule has 2 heterocycles. The molecule has 1 aromatic heterocycles. The van der Waals surface area contributed by atoms with Gasteiger partial charge in [-0.3, -0.25) is 9.59 Å². The highest BCUT2D eigenvalue weighted by molar-refractivity contribution is 5.89. The molecule has 4 rings (SSSR count). The SMILES string of the molecule is Cc1ccc(CN2CC(C(=O)NCCc3noc(C4CC4)n3)CC2=O)cc1. The molecule has 0 radical (unpaired) electrons. The van der Waals surface area contributed by atoms with Crippen LogP contribution in [0.2, 0.25) is 0 Å². The van der Waals surface area contributed by atoms with E-state index in [-0.39, 0.29) is 24.2 Å². The number of nitrogens with one attached hydrogen (secondary N) is 1. The number of carbonyl (C=O) groups excluding carboxylic acids is 2. The Balaban J connectivity index is 1.23. The van der Waals surface area contributed by atoms with E-state index in [2.05, 4.69) is 15.5 Å². The van der Waals surface area contributed by atoms with Gasteiger partial charge in [-0.1, -0.05) is 35.0 Å². The van der Waals surface area contributed by atoms with E-state index in [0.29, 0.717) is 43.7 Å². The number of likely N-dealkylation sites (tertiary alicyclic amines) is 1. The molecule has 1 saturated carbocycles. The van der Waals surface area contributed by atoms with Crippen molar-refractivity contribution in [2.24, 2.45) is 5.92 Å². The van der Waals surface area contributed by atoms with Crippen molar-refractivity contribution in [3.8, 4) is 0 Å². The molecule has 1 aliphatic heterocycles. The van der Waals surface area contributed by atoms with E-state index in [1.807, 2.05) is 31.2 Å². The van der Waals surface area contributed by atoms with Gasteiger partial charge in [0.25, 0.3) is 0 Å². The van der Waals surface area contributed by atoms with Gasteiger partial charge in [0.15, 0.2) is 5.82 Å². The predicted octanol–water partition coefficient (Wildman–Crippen LogP) is 1.96. The Bertz CT molecular complexity index is 826. The molecule has 27 heavy (non-hydrogen) atoms. The molecule has 1 unspecified atom stereocenters. The molecule has 1 saturated heterocycles. The number of benzene rings is 1. The minimum Gasteiger partial charge on any atom is -0.355 e. The Morgan fingerprint density at radius 1 is 1.30 bits per heavy atom. The summed E-state index contributed by atoms with van der Waals surface area (Å²) < 4.78 is 5.21. The molecule has 7 heteroatoms. The lowest BCUT2D eigenvalue weighted by Crippen LogP contribution is -2.34. The van der Waals surface area contributed by atoms with Crippen LogP contribution in [0, 0.1) is 12.8 Å². The topological polar surface area (TPSA) is 88.3 Å². The highest BCUT2D eigenvalue weighted by Gasteiger charge is 2.34. The number of amides is 2. The van der Waals surface area contributed by atoms with Crippen LogP contribution < -0.4 is 5.32 Å². The summed E-state index contributed by atoms with van der Waals surface area (Å²) in [6.07, 6.45) is 3.04. The van der Waals surface area contributed by atoms with Gasteiger partial charge in [-0.15, -0.1) is 0 Å². The third-order valence-corrected chi connectivity index (χ3v) is 5.14. The number of aryl methyl sites for hydroxylation is 1. The molecule has 0 spiro atoms. The van der Waals surface area contributed by atoms with Gasteiger partial charge in [0, 0.05) is 38.4 Å². The van der Waals surface area contributed by atoms with Crippen molar-refractivity contribution in [2.45, 2.75) is 45.1 Å². The van der Waals surface area contributed by atoms with E-state index in [4.69, 9.17) is 4.52 Å². The summed E-state index contributed by atoms with van der Waals surface area (Å²) in [4.78, 5) is 30.7. The third-order valence-electron chi connectivity index (χ3n) is 5.14. The maximum Gasteiger partial charge on any atom is 0.229 e. The van der Waals surface area contributed by atoms with Gasteiger partial charge < -0.3 is 14.7 Å². The summed E-state index contributed by atoms with van der Waals surface area (Å²) in [7, 11) is 0. The van der Waals surface area contributed by atoms with Crippen LogP contribution in [-0.2, 0) is 22.6 Å². The van der Waals surface area contributed by atoms with Crippen LogP contribution in [0.1, 0.15) is 48.0 Å². The minimum atomic E-state index is -0.296. The van der Waals surface area contributed by atoms with Gasteiger partial charge in [-0.2, -0.15) is 4.98 Å². The van der Waals surface area contributed by atoms with Gasteiger partial charge in [0.1, 0.15) is 0 Å². The standard InChI is InChI=1S/C20H24N4O3/c1-13-2-4-14(5-3-13)11-24-12-16(10-18(24)25)19(26)21-9-8-17-22-20(27-23-17)15-6-7-15/h2-5,15-16H,6-12H2,1H3,(H,21,26). The summed E-state index contributed by atoms with van der Waals surface area (Å²) in [5.74, 6) is 1.42. The highest BCUT2D eigenvalue weighted by Crippen LogP contribution is 2.38. The fraction of sp³-hybridized carbons (Fsp3) is 0.500. The van der Waals surface area contributed by atoms with Crippen LogP contribution in [0.5, 0.6) is 0 Å². The highest BCUT2D eigenvalue weighted by atomic mass is 16.5. The van der Waals surface area contributed by atoms with Gasteiger partial charge in [0.2, 0.25) is 17.7 Å². The lowest BCUT2D eigenvalue weighted by Gasteiger charge is -2.16. The molecule has 1 atom stereocenters. The van der Waals surface area contributed by atoms with Crippen molar-refractivity contribution < 1.29 is 14.1 Å². The first-order valence-electron chi connectivity index (χ1n) is 9.52. The Morgan fingerprint density at radius 2 is 2.07 bits per heavy atom. The fourth-order valence-electron chi connectivity index (χ4n) is 3.32. The van der Waals surface area contributed by atoms with E-state index in [9.17, 15) is 9.59 Å². The second kappa shape index (κ2) is 7.50. The molecule has 0 bridgehead atoms. The molecular weight excluding hydrogens is 344 g/mol. The first-order valence-corrected chi connectivity index (χ1v) is 9.52. The zero-order chi connectivity index (χ0) is 18.8. The number of carbonyl (C=O) groups is 2. The molecular formula is C20H24N4O3. The maximum atomic E-state index is 12.4. The van der Waals surface area contributed by atoms with Gasteiger partial charge >= 0.3 is 0 Å². The first kappa shape index (κ1) is 17.7. The largest absolute Gasteiger partial charge is 0.355 e. The fourth-order valence-corrected chi connectivity index (χ4v) is 3.32. The van der Waals surface area contributed by atoms with E-state index in [1.165, 1.54) is 5.56 Å². The van der Waals surface area contributed by atoms with Crippen molar-refractivity contribution in [2.75, 3.05) is 13.1 Å². The van der Waals surface area contributed by atoms with Gasteiger partial charge in [-0.05, 0) is 25.3 Å². The molecule has 1 N–H and O–H groups in total. The van der Waals surface area contributed by atoms with Gasteiger partial charge in [0.05, 0.1) is 5.92 Å². The molecule has 2 aromatic rings. The zero-order valence-corrected chi connectivity index (χ0v) is 15.5. The second-order valence-electron chi connectivity index (χ2n) is 7.53. The quantitative estimate of drug-likeness (QED) is 0.807. The van der Waals surface area contributed by atoms with E-state index >= 15 is 0 Å². The summed E-state index contributed by atoms with van der Waals surface area (Å²) in [5, 5.41) is 6.85. The van der Waals surface area contributed by atoms with Crippen LogP contribution in [0.15, 0.2) is 28.8 Å². The first-order chi connectivity index (χ1) is 13.1. The summed E-state index contributed by atoms with van der Waals surface area (Å²) >= 11 is 0. The van der Waals surface area contributed by atoms with E-state index in [0.717, 1.165) is 18.4 Å². The minimum absolute atomic E-state index is 0.0305. The molecule has 1 aliphatic carbocycles. The average Bonchev–Trinajstić information content (AvgIpc) is 3.29. The molecule has 7 nitrogen and oxygen atoms in total. The summed E-state index contributed by atoms with van der Waals surface area (Å²) in [6, 6.07) is 8.12. The van der Waals surface area contributed by atoms with Crippen LogP contribution in [-0.4, -0.2) is 39.9 Å². The molecule has 2 amide bonds. The third kappa shape index (κ3) is 4.35. The van der Waals surface area contributed by atoms with Crippen LogP contribution in [0.4, 0.5) is 0 Å². The second-order valence-corrected chi connectivity index (χ2v) is 7.53. The molecule has 1 aromatic carbocycles. The maximum absolute atomic E-state index is 12.4. The molecule has 2 fully saturated rings. The molecule has 2 aliphatic rings. The number of rotatable bonds is 7. The predicted molar refractivity (Wildman–Crippen MR) is 97.7 cm³/mol. The normalized spacial score (nSPS) is 19.5. The zero-order valence-electron chi connectivity index (χ0n) is 15.5. The lowest BCUT2D eigenvalue weighted by molar-refractivity contribution is -0.129. The Kier molecular flexibility index (Phi) is 4.92. The lowest BCUT2D eigenvalue weighted by atomic mass is 10.1. The van der Waals surface area contributed by atoms with Gasteiger partial charge in [-0.25, -0.2) is 0 Å². The summed E-state index contributed by atoms with van der Waals surface area (Å²) in [5.41, 5.74) is 2.27. The van der Waals surface area contributed by atoms with E-state index in [1.54, 1.807) is 4.90 Å². The van der Waals surface area contributed by atoms with Crippen molar-refractivity contribution in [1.82, 2.24) is 20.4 Å². The Hall–Kier alpha value is -2.70. The van der Waals surface area contributed by atoms with Crippen molar-refractivity contribution in [1.29, 1.82) is 0 Å². The van der Waals surface area contributed by atoms with Crippen molar-refractivity contribution in [3.05, 3.63) is 47.1 Å². The number of hydrogen-bond acceptors (Lipinski definition) is 5. The van der Waals surface area contributed by atoms with Crippen LogP contribution in [0.3, 0.4) is 0 Å². The van der Waals surface area contributed by atoms with Crippen LogP contribution >= 0.6 is 0 Å². The Labute approximate surface area is 158 Å². The van der Waals surface area contributed by atoms with E-state index < -0.39 is 0 Å². The smallest absolute Gasteiger partial charge is 0.229 e. The number of nitrogens with zero attached hydrogens (tertiary/aromatic N) is 3. The van der Waals surface area contributed by atoms with Crippen molar-refractivity contribution in [3.63, 3.8) is 0 Å². The monoisotopic (exact) mass is 368 g/mol. The Morgan fingerprint density at radius 3 is 2.81 bits per heavy atom. The average molecular weight is 368 g/mol.